The van der Waals surface area contributed by atoms with E-state index in [0.29, 0.717) is 6.54 Å². The van der Waals surface area contributed by atoms with Gasteiger partial charge in [0.15, 0.2) is 0 Å². The number of methoxy groups -OCH3 is 1. The number of benzene rings is 1. The molecule has 0 amide bonds. The van der Waals surface area contributed by atoms with Gasteiger partial charge in [0.2, 0.25) is 0 Å². The van der Waals surface area contributed by atoms with Gasteiger partial charge in [0.1, 0.15) is 5.75 Å². The minimum Gasteiger partial charge on any atom is -0.497 e. The molecule has 0 aliphatic carbocycles. The van der Waals surface area contributed by atoms with Crippen molar-refractivity contribution in [3.8, 4) is 11.4 Å². The first-order chi connectivity index (χ1) is 8.24. The summed E-state index contributed by atoms with van der Waals surface area (Å²) in [6, 6.07) is 5.69. The molecule has 0 atom stereocenters. The molecular formula is C11H13BrN4O. The highest BCUT2D eigenvalue weighted by Gasteiger charge is 2.07. The Morgan fingerprint density at radius 1 is 1.47 bits per heavy atom. The normalized spacial score (nSPS) is 10.5. The molecule has 0 aliphatic heterocycles. The predicted molar refractivity (Wildman–Crippen MR) is 68.4 cm³/mol. The first-order valence-corrected chi connectivity index (χ1v) is 5.99. The van der Waals surface area contributed by atoms with E-state index in [1.165, 1.54) is 0 Å². The first kappa shape index (κ1) is 12.1. The van der Waals surface area contributed by atoms with Crippen LogP contribution in [0.4, 0.5) is 0 Å². The number of nitrogens with two attached hydrogens (primary N) is 1. The minimum absolute atomic E-state index is 0.567. The fraction of sp³-hybridized carbons (Fsp3) is 0.273. The fourth-order valence-corrected chi connectivity index (χ4v) is 1.90. The first-order valence-electron chi connectivity index (χ1n) is 5.20. The summed E-state index contributed by atoms with van der Waals surface area (Å²) in [5.41, 5.74) is 7.24. The summed E-state index contributed by atoms with van der Waals surface area (Å²) >= 11 is 3.48. The lowest BCUT2D eigenvalue weighted by atomic mass is 10.3. The van der Waals surface area contributed by atoms with Gasteiger partial charge in [-0.25, -0.2) is 4.68 Å². The van der Waals surface area contributed by atoms with Crippen molar-refractivity contribution in [2.75, 3.05) is 13.7 Å². The molecule has 0 radical (unpaired) electrons. The molecule has 2 N–H and O–H groups in total. The summed E-state index contributed by atoms with van der Waals surface area (Å²) in [7, 11) is 1.63. The van der Waals surface area contributed by atoms with E-state index < -0.39 is 0 Å². The van der Waals surface area contributed by atoms with Crippen LogP contribution in [0.2, 0.25) is 0 Å². The maximum absolute atomic E-state index is 5.48. The van der Waals surface area contributed by atoms with Crippen molar-refractivity contribution in [1.82, 2.24) is 15.0 Å². The summed E-state index contributed by atoms with van der Waals surface area (Å²) in [6.07, 6.45) is 2.59. The largest absolute Gasteiger partial charge is 0.497 e. The van der Waals surface area contributed by atoms with Crippen LogP contribution in [0.1, 0.15) is 5.69 Å². The monoisotopic (exact) mass is 296 g/mol. The Bertz CT molecular complexity index is 512. The van der Waals surface area contributed by atoms with Gasteiger partial charge in [0.05, 0.1) is 24.7 Å². The Labute approximate surface area is 108 Å². The van der Waals surface area contributed by atoms with Gasteiger partial charge >= 0.3 is 0 Å². The van der Waals surface area contributed by atoms with Gasteiger partial charge in [-0.1, -0.05) is 5.21 Å². The van der Waals surface area contributed by atoms with Crippen LogP contribution in [0.15, 0.2) is 28.9 Å². The predicted octanol–water partition coefficient (Wildman–Crippen LogP) is 1.54. The molecule has 17 heavy (non-hydrogen) atoms. The van der Waals surface area contributed by atoms with E-state index in [9.17, 15) is 0 Å². The standard InChI is InChI=1S/C11H13BrN4O/c1-17-9-2-3-10(12)11(6-9)16-7-8(4-5-13)14-15-16/h2-3,6-7H,4-5,13H2,1H3. The van der Waals surface area contributed by atoms with Crippen LogP contribution in [-0.2, 0) is 6.42 Å². The zero-order valence-corrected chi connectivity index (χ0v) is 11.0. The van der Waals surface area contributed by atoms with Crippen molar-refractivity contribution in [2.24, 2.45) is 5.73 Å². The number of halogens is 1. The molecule has 6 heteroatoms. The number of nitrogens with zero attached hydrogens (tertiary/aromatic N) is 3. The number of ether oxygens (including phenoxy) is 1. The molecule has 0 bridgehead atoms. The molecule has 1 aromatic carbocycles. The second-order valence-corrected chi connectivity index (χ2v) is 4.36. The van der Waals surface area contributed by atoms with Crippen LogP contribution < -0.4 is 10.5 Å². The van der Waals surface area contributed by atoms with E-state index in [4.69, 9.17) is 10.5 Å². The maximum Gasteiger partial charge on any atom is 0.121 e. The summed E-state index contributed by atoms with van der Waals surface area (Å²) in [6.45, 7) is 0.567. The third kappa shape index (κ3) is 2.65. The van der Waals surface area contributed by atoms with Crippen LogP contribution in [-0.4, -0.2) is 28.6 Å². The Morgan fingerprint density at radius 2 is 2.29 bits per heavy atom. The maximum atomic E-state index is 5.48. The van der Waals surface area contributed by atoms with Crippen molar-refractivity contribution in [1.29, 1.82) is 0 Å². The van der Waals surface area contributed by atoms with E-state index >= 15 is 0 Å². The van der Waals surface area contributed by atoms with Gasteiger partial charge in [0, 0.05) is 17.0 Å². The number of hydrogen-bond acceptors (Lipinski definition) is 4. The van der Waals surface area contributed by atoms with E-state index in [0.717, 1.165) is 28.0 Å². The third-order valence-electron chi connectivity index (χ3n) is 2.34. The topological polar surface area (TPSA) is 66.0 Å². The molecule has 0 saturated carbocycles. The zero-order chi connectivity index (χ0) is 12.3. The van der Waals surface area contributed by atoms with Crippen LogP contribution >= 0.6 is 15.9 Å². The summed E-state index contributed by atoms with van der Waals surface area (Å²) in [4.78, 5) is 0. The molecule has 1 heterocycles. The second-order valence-electron chi connectivity index (χ2n) is 3.51. The second kappa shape index (κ2) is 5.29. The molecule has 0 unspecified atom stereocenters. The summed E-state index contributed by atoms with van der Waals surface area (Å²) in [5, 5.41) is 8.12. The number of hydrogen-bond donors (Lipinski definition) is 1. The quantitative estimate of drug-likeness (QED) is 0.929. The highest BCUT2D eigenvalue weighted by atomic mass is 79.9. The van der Waals surface area contributed by atoms with Crippen LogP contribution in [0.3, 0.4) is 0 Å². The van der Waals surface area contributed by atoms with Gasteiger partial charge < -0.3 is 10.5 Å². The van der Waals surface area contributed by atoms with Crippen molar-refractivity contribution in [3.63, 3.8) is 0 Å². The average Bonchev–Trinajstić information content (AvgIpc) is 2.79. The molecule has 0 spiro atoms. The van der Waals surface area contributed by atoms with Crippen LogP contribution in [0.25, 0.3) is 5.69 Å². The highest BCUT2D eigenvalue weighted by Crippen LogP contribution is 2.25. The number of rotatable bonds is 4. The van der Waals surface area contributed by atoms with Gasteiger partial charge in [-0.2, -0.15) is 0 Å². The molecule has 0 saturated heterocycles. The molecule has 1 aromatic heterocycles. The zero-order valence-electron chi connectivity index (χ0n) is 9.43. The van der Waals surface area contributed by atoms with Gasteiger partial charge in [-0.3, -0.25) is 0 Å². The van der Waals surface area contributed by atoms with E-state index in [1.807, 2.05) is 24.4 Å². The smallest absolute Gasteiger partial charge is 0.121 e. The molecule has 0 aliphatic rings. The lowest BCUT2D eigenvalue weighted by Crippen LogP contribution is -2.02. The van der Waals surface area contributed by atoms with Gasteiger partial charge in [-0.05, 0) is 34.6 Å². The Morgan fingerprint density at radius 3 is 3.00 bits per heavy atom. The fourth-order valence-electron chi connectivity index (χ4n) is 1.47. The highest BCUT2D eigenvalue weighted by molar-refractivity contribution is 9.10. The van der Waals surface area contributed by atoms with E-state index in [2.05, 4.69) is 26.2 Å². The lowest BCUT2D eigenvalue weighted by molar-refractivity contribution is 0.414. The Balaban J connectivity index is 2.37. The van der Waals surface area contributed by atoms with Gasteiger partial charge in [-0.15, -0.1) is 5.10 Å². The van der Waals surface area contributed by atoms with Gasteiger partial charge in [0.25, 0.3) is 0 Å². The summed E-state index contributed by atoms with van der Waals surface area (Å²) in [5.74, 6) is 0.777. The average molecular weight is 297 g/mol. The van der Waals surface area contributed by atoms with Crippen LogP contribution in [0, 0.1) is 0 Å². The summed E-state index contributed by atoms with van der Waals surface area (Å²) < 4.78 is 7.82. The third-order valence-corrected chi connectivity index (χ3v) is 3.01. The Hall–Kier alpha value is -1.40. The molecule has 2 aromatic rings. The molecule has 2 rings (SSSR count). The van der Waals surface area contributed by atoms with Crippen molar-refractivity contribution in [2.45, 2.75) is 6.42 Å². The SMILES string of the molecule is COc1ccc(Br)c(-n2cc(CCN)nn2)c1. The lowest BCUT2D eigenvalue weighted by Gasteiger charge is -2.06. The van der Waals surface area contributed by atoms with Crippen LogP contribution in [0.5, 0.6) is 5.75 Å². The van der Waals surface area contributed by atoms with Crippen molar-refractivity contribution >= 4 is 15.9 Å². The van der Waals surface area contributed by atoms with E-state index in [1.54, 1.807) is 11.8 Å². The van der Waals surface area contributed by atoms with Crippen molar-refractivity contribution < 1.29 is 4.74 Å². The Kier molecular flexibility index (Phi) is 3.75. The molecule has 0 fully saturated rings. The minimum atomic E-state index is 0.567. The molecular weight excluding hydrogens is 284 g/mol. The van der Waals surface area contributed by atoms with E-state index in [-0.39, 0.29) is 0 Å². The number of aromatic nitrogens is 3. The molecule has 90 valence electrons. The van der Waals surface area contributed by atoms with Crippen molar-refractivity contribution in [3.05, 3.63) is 34.6 Å². The molecule has 5 nitrogen and oxygen atoms in total.